The van der Waals surface area contributed by atoms with E-state index < -0.39 is 0 Å². The predicted molar refractivity (Wildman–Crippen MR) is 64.1 cm³/mol. The van der Waals surface area contributed by atoms with Gasteiger partial charge in [0.15, 0.2) is 0 Å². The molecule has 0 bridgehead atoms. The number of carbonyl (C=O) groups is 1. The number of hydrogen-bond donors (Lipinski definition) is 0. The van der Waals surface area contributed by atoms with Crippen LogP contribution >= 0.6 is 11.6 Å². The average molecular weight is 233 g/mol. The van der Waals surface area contributed by atoms with Crippen molar-refractivity contribution < 1.29 is 9.53 Å². The largest absolute Gasteiger partial charge is 0.466 e. The first-order valence-electron chi connectivity index (χ1n) is 5.36. The quantitative estimate of drug-likeness (QED) is 0.381. The molecule has 0 fully saturated rings. The van der Waals surface area contributed by atoms with E-state index in [2.05, 4.69) is 13.5 Å². The highest BCUT2D eigenvalue weighted by molar-refractivity contribution is 6.22. The number of carbonyl (C=O) groups excluding carboxylic acids is 1. The van der Waals surface area contributed by atoms with E-state index in [9.17, 15) is 4.79 Å². The Bertz CT molecular complexity index is 214. The zero-order chi connectivity index (χ0) is 11.8. The summed E-state index contributed by atoms with van der Waals surface area (Å²) in [4.78, 5) is 10.5. The molecule has 2 nitrogen and oxygen atoms in total. The van der Waals surface area contributed by atoms with Crippen molar-refractivity contribution in [1.82, 2.24) is 0 Å². The average Bonchev–Trinajstić information content (AvgIpc) is 2.13. The summed E-state index contributed by atoms with van der Waals surface area (Å²) >= 11 is 6.06. The van der Waals surface area contributed by atoms with Crippen LogP contribution in [0.2, 0.25) is 0 Å². The van der Waals surface area contributed by atoms with Crippen LogP contribution < -0.4 is 0 Å². The number of allylic oxidation sites excluding steroid dienone is 1. The lowest BCUT2D eigenvalue weighted by Gasteiger charge is -2.14. The zero-order valence-corrected chi connectivity index (χ0v) is 10.6. The third-order valence-electron chi connectivity index (χ3n) is 2.36. The molecule has 0 radical (unpaired) electrons. The monoisotopic (exact) mass is 232 g/mol. The van der Waals surface area contributed by atoms with Gasteiger partial charge in [-0.15, -0.1) is 11.6 Å². The number of ether oxygens (including phenoxy) is 1. The number of esters is 1. The maximum absolute atomic E-state index is 10.5. The highest BCUT2D eigenvalue weighted by Crippen LogP contribution is 2.19. The molecule has 0 heterocycles. The van der Waals surface area contributed by atoms with E-state index in [4.69, 9.17) is 16.3 Å². The molecule has 0 saturated carbocycles. The maximum Gasteiger partial charge on any atom is 0.302 e. The third-order valence-corrected chi connectivity index (χ3v) is 2.95. The summed E-state index contributed by atoms with van der Waals surface area (Å²) in [6.45, 7) is 9.85. The zero-order valence-electron chi connectivity index (χ0n) is 9.88. The molecule has 0 aliphatic rings. The minimum atomic E-state index is -0.209. The van der Waals surface area contributed by atoms with Crippen LogP contribution in [0.25, 0.3) is 0 Å². The first-order valence-corrected chi connectivity index (χ1v) is 5.80. The lowest BCUT2D eigenvalue weighted by atomic mass is 9.99. The Hall–Kier alpha value is -0.500. The molecule has 0 rings (SSSR count). The van der Waals surface area contributed by atoms with Crippen LogP contribution in [0.1, 0.15) is 40.0 Å². The van der Waals surface area contributed by atoms with Crippen LogP contribution in [0.3, 0.4) is 0 Å². The summed E-state index contributed by atoms with van der Waals surface area (Å²) in [5.41, 5.74) is 1.02. The molecule has 0 spiro atoms. The maximum atomic E-state index is 10.5. The molecule has 15 heavy (non-hydrogen) atoms. The summed E-state index contributed by atoms with van der Waals surface area (Å²) in [5.74, 6) is 0.323. The summed E-state index contributed by atoms with van der Waals surface area (Å²) < 4.78 is 4.88. The van der Waals surface area contributed by atoms with Crippen LogP contribution in [-0.4, -0.2) is 18.0 Å². The minimum absolute atomic E-state index is 0.0705. The lowest BCUT2D eigenvalue weighted by Crippen LogP contribution is -2.08. The molecular formula is C12H21ClO2. The molecule has 0 aliphatic heterocycles. The van der Waals surface area contributed by atoms with Gasteiger partial charge in [0, 0.05) is 6.92 Å². The van der Waals surface area contributed by atoms with Gasteiger partial charge < -0.3 is 4.74 Å². The van der Waals surface area contributed by atoms with Crippen LogP contribution in [0.5, 0.6) is 0 Å². The van der Waals surface area contributed by atoms with Crippen molar-refractivity contribution in [3.8, 4) is 0 Å². The van der Waals surface area contributed by atoms with Gasteiger partial charge in [0.1, 0.15) is 0 Å². The van der Waals surface area contributed by atoms with Gasteiger partial charge >= 0.3 is 5.97 Å². The number of hydrogen-bond acceptors (Lipinski definition) is 2. The smallest absolute Gasteiger partial charge is 0.302 e. The van der Waals surface area contributed by atoms with Crippen molar-refractivity contribution in [2.24, 2.45) is 5.92 Å². The number of halogens is 1. The second kappa shape index (κ2) is 7.75. The van der Waals surface area contributed by atoms with E-state index in [1.165, 1.54) is 6.92 Å². The molecule has 3 heteroatoms. The molecule has 0 N–H and O–H groups in total. The SMILES string of the molecule is C=C(C)C(Cl)CCC(C)CCOC(C)=O. The van der Waals surface area contributed by atoms with Gasteiger partial charge in [0.05, 0.1) is 12.0 Å². The van der Waals surface area contributed by atoms with Crippen molar-refractivity contribution in [1.29, 1.82) is 0 Å². The van der Waals surface area contributed by atoms with Crippen molar-refractivity contribution >= 4 is 17.6 Å². The fourth-order valence-electron chi connectivity index (χ4n) is 1.23. The summed E-state index contributed by atoms with van der Waals surface area (Å²) in [6, 6.07) is 0. The fraction of sp³-hybridized carbons (Fsp3) is 0.750. The Balaban J connectivity index is 3.52. The van der Waals surface area contributed by atoms with Gasteiger partial charge in [-0.2, -0.15) is 0 Å². The topological polar surface area (TPSA) is 26.3 Å². The first-order chi connectivity index (χ1) is 6.93. The van der Waals surface area contributed by atoms with Gasteiger partial charge in [-0.05, 0) is 32.1 Å². The number of rotatable bonds is 7. The standard InChI is InChI=1S/C12H21ClO2/c1-9(2)12(13)6-5-10(3)7-8-15-11(4)14/h10,12H,1,5-8H2,2-4H3. The lowest BCUT2D eigenvalue weighted by molar-refractivity contribution is -0.141. The second-order valence-electron chi connectivity index (χ2n) is 4.13. The van der Waals surface area contributed by atoms with E-state index in [0.29, 0.717) is 12.5 Å². The van der Waals surface area contributed by atoms with Crippen molar-refractivity contribution in [2.75, 3.05) is 6.61 Å². The molecule has 88 valence electrons. The molecule has 0 aliphatic carbocycles. The molecule has 0 amide bonds. The predicted octanol–water partition coefficient (Wildman–Crippen LogP) is 3.54. The molecule has 2 unspecified atom stereocenters. The van der Waals surface area contributed by atoms with Gasteiger partial charge in [-0.1, -0.05) is 19.1 Å². The fourth-order valence-corrected chi connectivity index (χ4v) is 1.35. The summed E-state index contributed by atoms with van der Waals surface area (Å²) in [7, 11) is 0. The van der Waals surface area contributed by atoms with E-state index in [0.717, 1.165) is 24.8 Å². The van der Waals surface area contributed by atoms with Crippen LogP contribution in [-0.2, 0) is 9.53 Å². The number of alkyl halides is 1. The van der Waals surface area contributed by atoms with Gasteiger partial charge in [0.2, 0.25) is 0 Å². The highest BCUT2D eigenvalue weighted by atomic mass is 35.5. The molecule has 0 aromatic heterocycles. The molecule has 2 atom stereocenters. The van der Waals surface area contributed by atoms with E-state index >= 15 is 0 Å². The van der Waals surface area contributed by atoms with E-state index in [1.54, 1.807) is 0 Å². The molecule has 0 aromatic rings. The van der Waals surface area contributed by atoms with E-state index in [1.807, 2.05) is 6.92 Å². The normalized spacial score (nSPS) is 14.4. The van der Waals surface area contributed by atoms with Crippen molar-refractivity contribution in [3.05, 3.63) is 12.2 Å². The van der Waals surface area contributed by atoms with Crippen LogP contribution in [0, 0.1) is 5.92 Å². The third kappa shape index (κ3) is 8.49. The Kier molecular flexibility index (Phi) is 7.49. The Morgan fingerprint density at radius 2 is 1.93 bits per heavy atom. The first kappa shape index (κ1) is 14.5. The van der Waals surface area contributed by atoms with E-state index in [-0.39, 0.29) is 11.3 Å². The Morgan fingerprint density at radius 3 is 2.40 bits per heavy atom. The summed E-state index contributed by atoms with van der Waals surface area (Å²) in [6.07, 6.45) is 2.89. The Morgan fingerprint density at radius 1 is 1.33 bits per heavy atom. The Labute approximate surface area is 97.6 Å². The minimum Gasteiger partial charge on any atom is -0.466 e. The van der Waals surface area contributed by atoms with Crippen LogP contribution in [0.4, 0.5) is 0 Å². The highest BCUT2D eigenvalue weighted by Gasteiger charge is 2.09. The molecule has 0 saturated heterocycles. The second-order valence-corrected chi connectivity index (χ2v) is 4.65. The van der Waals surface area contributed by atoms with Crippen LogP contribution in [0.15, 0.2) is 12.2 Å². The van der Waals surface area contributed by atoms with Crippen molar-refractivity contribution in [2.45, 2.75) is 45.4 Å². The van der Waals surface area contributed by atoms with Crippen molar-refractivity contribution in [3.63, 3.8) is 0 Å². The molecular weight excluding hydrogens is 212 g/mol. The van der Waals surface area contributed by atoms with Gasteiger partial charge in [0.25, 0.3) is 0 Å². The summed E-state index contributed by atoms with van der Waals surface area (Å²) in [5, 5.41) is 0.0705. The molecule has 0 aromatic carbocycles. The van der Waals surface area contributed by atoms with Gasteiger partial charge in [-0.3, -0.25) is 4.79 Å². The van der Waals surface area contributed by atoms with Gasteiger partial charge in [-0.25, -0.2) is 0 Å².